The number of methoxy groups -OCH3 is 1. The van der Waals surface area contributed by atoms with Crippen molar-refractivity contribution in [2.45, 2.75) is 90.4 Å². The number of esters is 1. The minimum absolute atomic E-state index is 0.0552. The summed E-state index contributed by atoms with van der Waals surface area (Å²) < 4.78 is 4.66. The highest BCUT2D eigenvalue weighted by Crippen LogP contribution is 2.45. The Bertz CT molecular complexity index is 250. The van der Waals surface area contributed by atoms with E-state index in [0.717, 1.165) is 18.3 Å². The third-order valence-electron chi connectivity index (χ3n) is 4.68. The summed E-state index contributed by atoms with van der Waals surface area (Å²) in [6.07, 6.45) is 17.0. The molecule has 1 aliphatic rings. The van der Waals surface area contributed by atoms with Gasteiger partial charge in [0.1, 0.15) is 0 Å². The van der Waals surface area contributed by atoms with Crippen LogP contribution in [0.15, 0.2) is 0 Å². The van der Waals surface area contributed by atoms with Crippen molar-refractivity contribution < 1.29 is 9.53 Å². The number of hydrogen-bond acceptors (Lipinski definition) is 2. The summed E-state index contributed by atoms with van der Waals surface area (Å²) in [6, 6.07) is 0. The number of carbonyl (C=O) groups is 1. The maximum atomic E-state index is 11.0. The number of rotatable bonds is 13. The summed E-state index contributed by atoms with van der Waals surface area (Å²) in [4.78, 5) is 11.0. The molecule has 0 aromatic carbocycles. The van der Waals surface area contributed by atoms with Gasteiger partial charge in [0.2, 0.25) is 0 Å². The molecular weight excluding hydrogens is 248 g/mol. The van der Waals surface area contributed by atoms with Crippen LogP contribution in [0.25, 0.3) is 0 Å². The van der Waals surface area contributed by atoms with Crippen molar-refractivity contribution >= 4 is 5.97 Å². The van der Waals surface area contributed by atoms with Crippen LogP contribution in [0.5, 0.6) is 0 Å². The van der Waals surface area contributed by atoms with Crippen LogP contribution in [0, 0.1) is 11.8 Å². The van der Waals surface area contributed by atoms with E-state index in [0.29, 0.717) is 6.42 Å². The first-order chi connectivity index (χ1) is 9.77. The van der Waals surface area contributed by atoms with Crippen molar-refractivity contribution in [1.29, 1.82) is 0 Å². The molecule has 0 radical (unpaired) electrons. The standard InChI is InChI=1S/C18H34O2/c1-3-4-5-6-7-8-9-12-16-15-17(16)13-10-11-14-18(19)20-2/h16-17H,3-15H2,1-2H3. The normalized spacial score (nSPS) is 20.9. The van der Waals surface area contributed by atoms with Gasteiger partial charge in [0.05, 0.1) is 7.11 Å². The third kappa shape index (κ3) is 8.60. The number of ether oxygens (including phenoxy) is 1. The Labute approximate surface area is 125 Å². The first-order valence-electron chi connectivity index (χ1n) is 8.84. The molecule has 2 unspecified atom stereocenters. The van der Waals surface area contributed by atoms with E-state index in [9.17, 15) is 4.79 Å². The van der Waals surface area contributed by atoms with Gasteiger partial charge in [-0.15, -0.1) is 0 Å². The van der Waals surface area contributed by atoms with Gasteiger partial charge in [-0.05, 0) is 24.7 Å². The van der Waals surface area contributed by atoms with Gasteiger partial charge in [0.25, 0.3) is 0 Å². The van der Waals surface area contributed by atoms with E-state index >= 15 is 0 Å². The molecule has 2 heteroatoms. The minimum atomic E-state index is -0.0552. The fraction of sp³-hybridized carbons (Fsp3) is 0.944. The smallest absolute Gasteiger partial charge is 0.305 e. The predicted molar refractivity (Wildman–Crippen MR) is 84.7 cm³/mol. The molecule has 1 saturated carbocycles. The third-order valence-corrected chi connectivity index (χ3v) is 4.68. The van der Waals surface area contributed by atoms with Crippen molar-refractivity contribution in [3.63, 3.8) is 0 Å². The van der Waals surface area contributed by atoms with E-state index < -0.39 is 0 Å². The van der Waals surface area contributed by atoms with Crippen molar-refractivity contribution in [2.75, 3.05) is 7.11 Å². The first-order valence-corrected chi connectivity index (χ1v) is 8.84. The maximum absolute atomic E-state index is 11.0. The van der Waals surface area contributed by atoms with E-state index in [1.54, 1.807) is 0 Å². The molecule has 0 N–H and O–H groups in total. The zero-order valence-electron chi connectivity index (χ0n) is 13.7. The van der Waals surface area contributed by atoms with Crippen LogP contribution in [0.3, 0.4) is 0 Å². The van der Waals surface area contributed by atoms with E-state index in [4.69, 9.17) is 0 Å². The van der Waals surface area contributed by atoms with Crippen molar-refractivity contribution in [3.05, 3.63) is 0 Å². The molecule has 0 aromatic rings. The van der Waals surface area contributed by atoms with Gasteiger partial charge in [-0.25, -0.2) is 0 Å². The molecule has 0 aromatic heterocycles. The lowest BCUT2D eigenvalue weighted by Crippen LogP contribution is -1.99. The number of hydrogen-bond donors (Lipinski definition) is 0. The first kappa shape index (κ1) is 17.5. The summed E-state index contributed by atoms with van der Waals surface area (Å²) in [6.45, 7) is 2.28. The summed E-state index contributed by atoms with van der Waals surface area (Å²) in [5, 5.41) is 0. The lowest BCUT2D eigenvalue weighted by Gasteiger charge is -2.02. The fourth-order valence-electron chi connectivity index (χ4n) is 3.16. The number of carbonyl (C=O) groups excluding carboxylic acids is 1. The number of unbranched alkanes of at least 4 members (excludes halogenated alkanes) is 7. The molecule has 118 valence electrons. The Morgan fingerprint density at radius 1 is 0.900 bits per heavy atom. The summed E-state index contributed by atoms with van der Waals surface area (Å²) in [7, 11) is 1.47. The highest BCUT2D eigenvalue weighted by molar-refractivity contribution is 5.68. The Hall–Kier alpha value is -0.530. The molecule has 1 fully saturated rings. The van der Waals surface area contributed by atoms with E-state index in [2.05, 4.69) is 11.7 Å². The largest absolute Gasteiger partial charge is 0.469 e. The zero-order chi connectivity index (χ0) is 14.6. The second-order valence-electron chi connectivity index (χ2n) is 6.49. The highest BCUT2D eigenvalue weighted by atomic mass is 16.5. The van der Waals surface area contributed by atoms with Gasteiger partial charge >= 0.3 is 5.97 Å². The Balaban J connectivity index is 1.80. The maximum Gasteiger partial charge on any atom is 0.305 e. The van der Waals surface area contributed by atoms with Gasteiger partial charge < -0.3 is 4.74 Å². The van der Waals surface area contributed by atoms with Gasteiger partial charge in [0.15, 0.2) is 0 Å². The van der Waals surface area contributed by atoms with Crippen LogP contribution in [0.2, 0.25) is 0 Å². The minimum Gasteiger partial charge on any atom is -0.469 e. The summed E-state index contributed by atoms with van der Waals surface area (Å²) >= 11 is 0. The summed E-state index contributed by atoms with van der Waals surface area (Å²) in [5.74, 6) is 1.94. The van der Waals surface area contributed by atoms with E-state index in [1.165, 1.54) is 77.7 Å². The molecule has 0 bridgehead atoms. The topological polar surface area (TPSA) is 26.3 Å². The summed E-state index contributed by atoms with van der Waals surface area (Å²) in [5.41, 5.74) is 0. The predicted octanol–water partition coefficient (Wildman–Crippen LogP) is 5.50. The molecular formula is C18H34O2. The second kappa shape index (κ2) is 11.2. The van der Waals surface area contributed by atoms with Gasteiger partial charge in [0, 0.05) is 6.42 Å². The van der Waals surface area contributed by atoms with Crippen molar-refractivity contribution in [2.24, 2.45) is 11.8 Å². The molecule has 0 amide bonds. The van der Waals surface area contributed by atoms with Gasteiger partial charge in [-0.1, -0.05) is 71.1 Å². The molecule has 2 atom stereocenters. The van der Waals surface area contributed by atoms with E-state index in [1.807, 2.05) is 0 Å². The van der Waals surface area contributed by atoms with Crippen LogP contribution in [0.1, 0.15) is 90.4 Å². The second-order valence-corrected chi connectivity index (χ2v) is 6.49. The van der Waals surface area contributed by atoms with Crippen LogP contribution in [-0.2, 0) is 9.53 Å². The van der Waals surface area contributed by atoms with E-state index in [-0.39, 0.29) is 5.97 Å². The Kier molecular flexibility index (Phi) is 9.78. The molecule has 1 rings (SSSR count). The molecule has 0 heterocycles. The van der Waals surface area contributed by atoms with Gasteiger partial charge in [-0.2, -0.15) is 0 Å². The zero-order valence-corrected chi connectivity index (χ0v) is 13.7. The molecule has 0 spiro atoms. The molecule has 2 nitrogen and oxygen atoms in total. The Morgan fingerprint density at radius 3 is 2.05 bits per heavy atom. The van der Waals surface area contributed by atoms with Crippen molar-refractivity contribution in [1.82, 2.24) is 0 Å². The SMILES string of the molecule is CCCCCCCCCC1CC1CCCCC(=O)OC. The van der Waals surface area contributed by atoms with Crippen LogP contribution in [-0.4, -0.2) is 13.1 Å². The fourth-order valence-corrected chi connectivity index (χ4v) is 3.16. The van der Waals surface area contributed by atoms with Crippen LogP contribution < -0.4 is 0 Å². The average molecular weight is 282 g/mol. The molecule has 0 aliphatic heterocycles. The quantitative estimate of drug-likeness (QED) is 0.329. The highest BCUT2D eigenvalue weighted by Gasteiger charge is 2.35. The molecule has 0 saturated heterocycles. The monoisotopic (exact) mass is 282 g/mol. The Morgan fingerprint density at radius 2 is 1.45 bits per heavy atom. The van der Waals surface area contributed by atoms with Crippen LogP contribution >= 0.6 is 0 Å². The molecule has 20 heavy (non-hydrogen) atoms. The lowest BCUT2D eigenvalue weighted by atomic mass is 10.0. The van der Waals surface area contributed by atoms with Gasteiger partial charge in [-0.3, -0.25) is 4.79 Å². The average Bonchev–Trinajstić information content (AvgIpc) is 3.21. The van der Waals surface area contributed by atoms with Crippen molar-refractivity contribution in [3.8, 4) is 0 Å². The van der Waals surface area contributed by atoms with Crippen LogP contribution in [0.4, 0.5) is 0 Å². The molecule has 1 aliphatic carbocycles. The lowest BCUT2D eigenvalue weighted by molar-refractivity contribution is -0.140.